The van der Waals surface area contributed by atoms with Crippen LogP contribution >= 0.6 is 0 Å². The monoisotopic (exact) mass is 326 g/mol. The smallest absolute Gasteiger partial charge is 0.408 e. The fourth-order valence-electron chi connectivity index (χ4n) is 2.10. The molecule has 0 saturated heterocycles. The van der Waals surface area contributed by atoms with Crippen LogP contribution in [0.4, 0.5) is 4.79 Å². The molecule has 0 fully saturated rings. The summed E-state index contributed by atoms with van der Waals surface area (Å²) in [7, 11) is 0. The lowest BCUT2D eigenvalue weighted by molar-refractivity contribution is -0.149. The maximum atomic E-state index is 12.6. The molecule has 0 bridgehead atoms. The number of nitrogens with zero attached hydrogens (tertiary/aromatic N) is 1. The molecule has 7 heteroatoms. The van der Waals surface area contributed by atoms with Crippen molar-refractivity contribution < 1.29 is 23.9 Å². The number of nitrogens with one attached hydrogen (secondary N) is 1. The van der Waals surface area contributed by atoms with E-state index in [9.17, 15) is 14.4 Å². The van der Waals surface area contributed by atoms with Crippen molar-refractivity contribution in [3.63, 3.8) is 0 Å². The van der Waals surface area contributed by atoms with Gasteiger partial charge in [0.25, 0.3) is 0 Å². The molecule has 23 heavy (non-hydrogen) atoms. The van der Waals surface area contributed by atoms with Gasteiger partial charge < -0.3 is 19.7 Å². The lowest BCUT2D eigenvalue weighted by Crippen LogP contribution is -2.51. The van der Waals surface area contributed by atoms with E-state index in [1.54, 1.807) is 27.7 Å². The van der Waals surface area contributed by atoms with Gasteiger partial charge in [0, 0.05) is 6.54 Å². The second-order valence-electron chi connectivity index (χ2n) is 6.26. The van der Waals surface area contributed by atoms with E-state index < -0.39 is 23.7 Å². The minimum atomic E-state index is -0.754. The summed E-state index contributed by atoms with van der Waals surface area (Å²) in [6.45, 7) is 7.51. The van der Waals surface area contributed by atoms with Crippen LogP contribution in [0.25, 0.3) is 0 Å². The van der Waals surface area contributed by atoms with Gasteiger partial charge in [0.1, 0.15) is 18.2 Å². The van der Waals surface area contributed by atoms with Crippen molar-refractivity contribution in [1.29, 1.82) is 0 Å². The second-order valence-corrected chi connectivity index (χ2v) is 6.26. The van der Waals surface area contributed by atoms with Gasteiger partial charge in [0.15, 0.2) is 0 Å². The molecule has 1 N–H and O–H groups in total. The molecule has 0 aromatic rings. The highest BCUT2D eigenvalue weighted by Gasteiger charge is 2.29. The molecular formula is C16H26N2O5. The number of esters is 1. The molecule has 7 nitrogen and oxygen atoms in total. The van der Waals surface area contributed by atoms with Crippen molar-refractivity contribution >= 4 is 18.0 Å². The Kier molecular flexibility index (Phi) is 7.06. The highest BCUT2D eigenvalue weighted by molar-refractivity contribution is 5.88. The molecule has 2 amide bonds. The van der Waals surface area contributed by atoms with Crippen molar-refractivity contribution in [2.75, 3.05) is 19.7 Å². The minimum Gasteiger partial charge on any atom is -0.465 e. The maximum absolute atomic E-state index is 12.6. The predicted octanol–water partition coefficient (Wildman–Crippen LogP) is 1.62. The number of carbonyl (C=O) groups excluding carboxylic acids is 3. The second kappa shape index (κ2) is 8.55. The van der Waals surface area contributed by atoms with Crippen LogP contribution in [0.2, 0.25) is 0 Å². The molecule has 1 aliphatic rings. The first kappa shape index (κ1) is 19.0. The van der Waals surface area contributed by atoms with E-state index in [0.717, 1.165) is 0 Å². The van der Waals surface area contributed by atoms with Gasteiger partial charge in [-0.15, -0.1) is 0 Å². The van der Waals surface area contributed by atoms with Crippen LogP contribution in [-0.4, -0.2) is 54.2 Å². The third kappa shape index (κ3) is 7.17. The number of alkyl carbamates (subject to hydrolysis) is 1. The summed E-state index contributed by atoms with van der Waals surface area (Å²) in [5.74, 6) is -0.769. The van der Waals surface area contributed by atoms with E-state index in [0.29, 0.717) is 19.4 Å². The van der Waals surface area contributed by atoms with Gasteiger partial charge in [-0.1, -0.05) is 12.2 Å². The molecule has 0 aliphatic carbocycles. The van der Waals surface area contributed by atoms with Gasteiger partial charge in [-0.2, -0.15) is 0 Å². The molecule has 1 rings (SSSR count). The Morgan fingerprint density at radius 3 is 2.65 bits per heavy atom. The largest absolute Gasteiger partial charge is 0.465 e. The highest BCUT2D eigenvalue weighted by atomic mass is 16.6. The van der Waals surface area contributed by atoms with E-state index in [2.05, 4.69) is 5.32 Å². The van der Waals surface area contributed by atoms with Crippen molar-refractivity contribution in [1.82, 2.24) is 10.2 Å². The van der Waals surface area contributed by atoms with Crippen molar-refractivity contribution in [2.24, 2.45) is 0 Å². The fraction of sp³-hybridized carbons (Fsp3) is 0.688. The van der Waals surface area contributed by atoms with E-state index in [-0.39, 0.29) is 19.1 Å². The summed E-state index contributed by atoms with van der Waals surface area (Å²) < 4.78 is 10.1. The average molecular weight is 326 g/mol. The van der Waals surface area contributed by atoms with Crippen LogP contribution in [0.3, 0.4) is 0 Å². The SMILES string of the molecule is CCOC(=O)CN1CC/C=C\C[C@H](NC(=O)OC(C)(C)C)C1=O. The zero-order chi connectivity index (χ0) is 17.5. The summed E-state index contributed by atoms with van der Waals surface area (Å²) in [5, 5.41) is 2.57. The molecule has 1 aliphatic heterocycles. The number of rotatable bonds is 4. The van der Waals surface area contributed by atoms with E-state index in [1.807, 2.05) is 12.2 Å². The van der Waals surface area contributed by atoms with Crippen LogP contribution in [0.1, 0.15) is 40.5 Å². The Morgan fingerprint density at radius 1 is 1.35 bits per heavy atom. The van der Waals surface area contributed by atoms with Gasteiger partial charge in [-0.05, 0) is 40.5 Å². The zero-order valence-corrected chi connectivity index (χ0v) is 14.3. The van der Waals surface area contributed by atoms with Crippen molar-refractivity contribution in [3.05, 3.63) is 12.2 Å². The predicted molar refractivity (Wildman–Crippen MR) is 84.7 cm³/mol. The highest BCUT2D eigenvalue weighted by Crippen LogP contribution is 2.10. The van der Waals surface area contributed by atoms with Gasteiger partial charge >= 0.3 is 12.1 Å². The number of ether oxygens (including phenoxy) is 2. The third-order valence-corrected chi connectivity index (χ3v) is 3.03. The Hall–Kier alpha value is -2.05. The van der Waals surface area contributed by atoms with E-state index in [1.165, 1.54) is 4.90 Å². The summed E-state index contributed by atoms with van der Waals surface area (Å²) >= 11 is 0. The van der Waals surface area contributed by atoms with Gasteiger partial charge in [-0.25, -0.2) is 4.79 Å². The van der Waals surface area contributed by atoms with E-state index in [4.69, 9.17) is 9.47 Å². The van der Waals surface area contributed by atoms with Crippen LogP contribution in [0, 0.1) is 0 Å². The standard InChI is InChI=1S/C16H26N2O5/c1-5-22-13(19)11-18-10-8-6-7-9-12(14(18)20)17-15(21)23-16(2,3)4/h6-7,12H,5,8-11H2,1-4H3,(H,17,21)/b7-6-/t12-/m0/s1. The Balaban J connectivity index is 2.74. The van der Waals surface area contributed by atoms with Crippen LogP contribution < -0.4 is 5.32 Å². The average Bonchev–Trinajstić information content (AvgIpc) is 2.40. The zero-order valence-electron chi connectivity index (χ0n) is 14.3. The first-order valence-electron chi connectivity index (χ1n) is 7.82. The molecule has 0 aromatic carbocycles. The Morgan fingerprint density at radius 2 is 2.04 bits per heavy atom. The molecule has 0 saturated carbocycles. The van der Waals surface area contributed by atoms with Crippen molar-refractivity contribution in [2.45, 2.75) is 52.2 Å². The molecule has 1 atom stereocenters. The van der Waals surface area contributed by atoms with E-state index >= 15 is 0 Å². The Bertz CT molecular complexity index is 468. The molecule has 0 aromatic heterocycles. The molecule has 130 valence electrons. The normalized spacial score (nSPS) is 20.3. The van der Waals surface area contributed by atoms with Gasteiger partial charge in [0.2, 0.25) is 5.91 Å². The molecule has 0 unspecified atom stereocenters. The quantitative estimate of drug-likeness (QED) is 0.627. The minimum absolute atomic E-state index is 0.118. The molecular weight excluding hydrogens is 300 g/mol. The molecule has 0 spiro atoms. The summed E-state index contributed by atoms with van der Waals surface area (Å²) in [6, 6.07) is -0.754. The summed E-state index contributed by atoms with van der Waals surface area (Å²) in [6.07, 6.45) is 4.14. The maximum Gasteiger partial charge on any atom is 0.408 e. The topological polar surface area (TPSA) is 84.9 Å². The lowest BCUT2D eigenvalue weighted by Gasteiger charge is -2.28. The number of amides is 2. The lowest BCUT2D eigenvalue weighted by atomic mass is 10.1. The van der Waals surface area contributed by atoms with Crippen LogP contribution in [0.5, 0.6) is 0 Å². The number of carbonyl (C=O) groups is 3. The molecule has 0 radical (unpaired) electrons. The van der Waals surface area contributed by atoms with Gasteiger partial charge in [-0.3, -0.25) is 9.59 Å². The first-order valence-corrected chi connectivity index (χ1v) is 7.82. The van der Waals surface area contributed by atoms with Crippen molar-refractivity contribution in [3.8, 4) is 0 Å². The molecule has 1 heterocycles. The number of hydrogen-bond donors (Lipinski definition) is 1. The first-order chi connectivity index (χ1) is 10.7. The third-order valence-electron chi connectivity index (χ3n) is 3.03. The van der Waals surface area contributed by atoms with Crippen LogP contribution in [-0.2, 0) is 19.1 Å². The fourth-order valence-corrected chi connectivity index (χ4v) is 2.10. The van der Waals surface area contributed by atoms with Crippen LogP contribution in [0.15, 0.2) is 12.2 Å². The number of hydrogen-bond acceptors (Lipinski definition) is 5. The Labute approximate surface area is 137 Å². The summed E-state index contributed by atoms with van der Waals surface area (Å²) in [4.78, 5) is 37.5. The summed E-state index contributed by atoms with van der Waals surface area (Å²) in [5.41, 5.74) is -0.644. The van der Waals surface area contributed by atoms with Gasteiger partial charge in [0.05, 0.1) is 6.61 Å².